The van der Waals surface area contributed by atoms with Gasteiger partial charge in [0, 0.05) is 0 Å². The van der Waals surface area contributed by atoms with Gasteiger partial charge in [-0.2, -0.15) is 0 Å². The molecule has 0 fully saturated rings. The van der Waals surface area contributed by atoms with Crippen LogP contribution in [0.2, 0.25) is 0 Å². The second-order valence-electron chi connectivity index (χ2n) is 7.68. The van der Waals surface area contributed by atoms with Crippen molar-refractivity contribution in [1.82, 2.24) is 0 Å². The van der Waals surface area contributed by atoms with E-state index in [-0.39, 0.29) is 29.7 Å². The predicted octanol–water partition coefficient (Wildman–Crippen LogP) is 4.17. The Balaban J connectivity index is -0.000000411. The molecule has 2 atom stereocenters. The van der Waals surface area contributed by atoms with E-state index in [4.69, 9.17) is 9.05 Å². The summed E-state index contributed by atoms with van der Waals surface area (Å²) in [7, 11) is -8.19. The zero-order valence-electron chi connectivity index (χ0n) is 17.7. The average molecular weight is 477 g/mol. The monoisotopic (exact) mass is 476 g/mol. The molecule has 2 unspecified atom stereocenters. The summed E-state index contributed by atoms with van der Waals surface area (Å²) < 4.78 is 41.0. The molecule has 8 nitrogen and oxygen atoms in total. The molecule has 0 heterocycles. The summed E-state index contributed by atoms with van der Waals surface area (Å²) in [5, 5.41) is 0. The van der Waals surface area contributed by atoms with E-state index in [1.165, 1.54) is 0 Å². The van der Waals surface area contributed by atoms with Crippen LogP contribution in [0.4, 0.5) is 0 Å². The minimum Gasteiger partial charge on any atom is -0.756 e. The summed E-state index contributed by atoms with van der Waals surface area (Å²) in [5.74, 6) is 0. The van der Waals surface area contributed by atoms with Gasteiger partial charge < -0.3 is 27.9 Å². The number of rotatable bonds is 10. The number of phosphoric ester groups is 2. The molecule has 0 aliphatic heterocycles. The molecule has 0 aromatic heterocycles. The average Bonchev–Trinajstić information content (AvgIpc) is 2.33. The molecule has 0 radical (unpaired) electrons. The van der Waals surface area contributed by atoms with Gasteiger partial charge in [0.1, 0.15) is 0 Å². The Morgan fingerprint density at radius 3 is 1.15 bits per heavy atom. The van der Waals surface area contributed by atoms with Crippen LogP contribution in [0.15, 0.2) is 0 Å². The first-order valence-corrected chi connectivity index (χ1v) is 11.8. The maximum Gasteiger partial charge on any atom is 2.00 e. The Kier molecular flexibility index (Phi) is 17.6. The molecular weight excluding hydrogens is 441 g/mol. The molecule has 0 saturated heterocycles. The summed E-state index contributed by atoms with van der Waals surface area (Å²) in [6.07, 6.45) is 3.24. The maximum absolute atomic E-state index is 11.1. The summed E-state index contributed by atoms with van der Waals surface area (Å²) in [4.78, 5) is 22.2. The maximum atomic E-state index is 11.1. The fraction of sp³-hybridized carbons (Fsp3) is 1.00. The van der Waals surface area contributed by atoms with Gasteiger partial charge >= 0.3 is 16.5 Å². The molecule has 0 aliphatic rings. The van der Waals surface area contributed by atoms with Crippen molar-refractivity contribution in [2.24, 2.45) is 0 Å². The van der Waals surface area contributed by atoms with Crippen molar-refractivity contribution < 1.29 is 53.5 Å². The fourth-order valence-electron chi connectivity index (χ4n) is 1.36. The van der Waals surface area contributed by atoms with Crippen LogP contribution in [0, 0.1) is 0 Å². The number of hydrogen-bond acceptors (Lipinski definition) is 8. The van der Waals surface area contributed by atoms with E-state index >= 15 is 0 Å². The van der Waals surface area contributed by atoms with Gasteiger partial charge in [0.25, 0.3) is 15.6 Å². The normalized spacial score (nSPS) is 16.4. The molecule has 0 saturated carbocycles. The van der Waals surface area contributed by atoms with E-state index in [0.717, 1.165) is 25.7 Å². The first-order chi connectivity index (χ1) is 11.5. The first-order valence-electron chi connectivity index (χ1n) is 8.86. The van der Waals surface area contributed by atoms with Crippen molar-refractivity contribution in [1.29, 1.82) is 0 Å². The minimum absolute atomic E-state index is 0. The second-order valence-corrected chi connectivity index (χ2v) is 10.3. The molecule has 0 bridgehead atoms. The zero-order valence-corrected chi connectivity index (χ0v) is 20.5. The van der Waals surface area contributed by atoms with Crippen LogP contribution in [0.1, 0.15) is 81.1 Å². The Bertz CT molecular complexity index is 418. The molecule has 0 amide bonds. The standard InChI is InChI=1S/2C8H19O4P.Ni/c2*1-5-6-7-11-13(9,10)12-8(2,3)4;/h2*5-7H2,1-4H3,(H,9,10);/q;;+2/p-2. The smallest absolute Gasteiger partial charge is 0.756 e. The molecule has 0 aromatic carbocycles. The van der Waals surface area contributed by atoms with Crippen LogP contribution in [0.5, 0.6) is 0 Å². The van der Waals surface area contributed by atoms with Crippen molar-refractivity contribution in [2.45, 2.75) is 92.3 Å². The summed E-state index contributed by atoms with van der Waals surface area (Å²) >= 11 is 0. The third kappa shape index (κ3) is 26.7. The summed E-state index contributed by atoms with van der Waals surface area (Å²) in [6, 6.07) is 0. The Hall–Kier alpha value is 0.714. The first kappa shape index (κ1) is 32.4. The van der Waals surface area contributed by atoms with Crippen molar-refractivity contribution in [3.63, 3.8) is 0 Å². The molecule has 27 heavy (non-hydrogen) atoms. The van der Waals surface area contributed by atoms with Crippen molar-refractivity contribution in [3.05, 3.63) is 0 Å². The van der Waals surface area contributed by atoms with Gasteiger partial charge in [-0.05, 0) is 54.4 Å². The van der Waals surface area contributed by atoms with Gasteiger partial charge in [-0.1, -0.05) is 26.7 Å². The van der Waals surface area contributed by atoms with Crippen LogP contribution >= 0.6 is 15.6 Å². The third-order valence-corrected chi connectivity index (χ3v) is 4.81. The fourth-order valence-corrected chi connectivity index (χ4v) is 3.52. The zero-order chi connectivity index (χ0) is 21.1. The van der Waals surface area contributed by atoms with E-state index in [1.807, 2.05) is 13.8 Å². The van der Waals surface area contributed by atoms with Crippen LogP contribution in [-0.2, 0) is 43.7 Å². The number of phosphoric acid groups is 2. The minimum atomic E-state index is -4.09. The molecule has 0 aromatic rings. The van der Waals surface area contributed by atoms with Crippen LogP contribution in [-0.4, -0.2) is 24.4 Å². The van der Waals surface area contributed by atoms with Gasteiger partial charge in [-0.25, -0.2) is 0 Å². The molecule has 0 rings (SSSR count). The Labute approximate surface area is 174 Å². The number of hydrogen-bond donors (Lipinski definition) is 0. The molecule has 0 aliphatic carbocycles. The third-order valence-electron chi connectivity index (χ3n) is 2.27. The largest absolute Gasteiger partial charge is 2.00 e. The topological polar surface area (TPSA) is 117 Å². The van der Waals surface area contributed by atoms with Crippen molar-refractivity contribution in [3.8, 4) is 0 Å². The second kappa shape index (κ2) is 14.7. The van der Waals surface area contributed by atoms with Crippen molar-refractivity contribution in [2.75, 3.05) is 13.2 Å². The molecule has 168 valence electrons. The summed E-state index contributed by atoms with van der Waals surface area (Å²) in [6.45, 7) is 14.3. The molecular formula is C16H36NiO8P2. The van der Waals surface area contributed by atoms with E-state index in [9.17, 15) is 18.9 Å². The van der Waals surface area contributed by atoms with Crippen LogP contribution in [0.25, 0.3) is 0 Å². The Morgan fingerprint density at radius 2 is 0.963 bits per heavy atom. The van der Waals surface area contributed by atoms with E-state index in [1.54, 1.807) is 41.5 Å². The van der Waals surface area contributed by atoms with Gasteiger partial charge in [-0.3, -0.25) is 9.13 Å². The quantitative estimate of drug-likeness (QED) is 0.262. The predicted molar refractivity (Wildman–Crippen MR) is 98.6 cm³/mol. The van der Waals surface area contributed by atoms with E-state index in [0.29, 0.717) is 0 Å². The molecule has 11 heteroatoms. The van der Waals surface area contributed by atoms with E-state index < -0.39 is 26.8 Å². The molecule has 0 N–H and O–H groups in total. The van der Waals surface area contributed by atoms with Gasteiger partial charge in [0.15, 0.2) is 0 Å². The van der Waals surface area contributed by atoms with Gasteiger partial charge in [0.2, 0.25) is 0 Å². The SMILES string of the molecule is CCCCOP(=O)([O-])OC(C)(C)C.CCCCOP(=O)([O-])OC(C)(C)C.[Ni+2]. The van der Waals surface area contributed by atoms with Gasteiger partial charge in [0.05, 0.1) is 24.4 Å². The molecule has 0 spiro atoms. The Morgan fingerprint density at radius 1 is 0.704 bits per heavy atom. The number of unbranched alkanes of at least 4 members (excludes halogenated alkanes) is 2. The van der Waals surface area contributed by atoms with Crippen LogP contribution in [0.3, 0.4) is 0 Å². The van der Waals surface area contributed by atoms with Crippen molar-refractivity contribution >= 4 is 15.6 Å². The summed E-state index contributed by atoms with van der Waals surface area (Å²) in [5.41, 5.74) is -1.44. The van der Waals surface area contributed by atoms with Gasteiger partial charge in [-0.15, -0.1) is 0 Å². The van der Waals surface area contributed by atoms with Crippen LogP contribution < -0.4 is 9.79 Å². The van der Waals surface area contributed by atoms with E-state index in [2.05, 4.69) is 9.05 Å².